The van der Waals surface area contributed by atoms with Crippen LogP contribution >= 0.6 is 0 Å². The van der Waals surface area contributed by atoms with Gasteiger partial charge in [0.05, 0.1) is 11.6 Å². The van der Waals surface area contributed by atoms with Crippen molar-refractivity contribution in [1.29, 1.82) is 5.26 Å². The maximum absolute atomic E-state index is 12.9. The normalized spacial score (nSPS) is 10.0. The fourth-order valence-electron chi connectivity index (χ4n) is 2.16. The van der Waals surface area contributed by atoms with Crippen molar-refractivity contribution in [1.82, 2.24) is 0 Å². The molecule has 0 aliphatic heterocycles. The third-order valence-electron chi connectivity index (χ3n) is 3.25. The van der Waals surface area contributed by atoms with E-state index in [-0.39, 0.29) is 11.6 Å². The van der Waals surface area contributed by atoms with Gasteiger partial charge in [0.25, 0.3) is 0 Å². The van der Waals surface area contributed by atoms with E-state index in [9.17, 15) is 9.18 Å². The summed E-state index contributed by atoms with van der Waals surface area (Å²) >= 11 is 0. The molecule has 21 heavy (non-hydrogen) atoms. The molecule has 0 aliphatic carbocycles. The highest BCUT2D eigenvalue weighted by atomic mass is 19.1. The van der Waals surface area contributed by atoms with Crippen LogP contribution in [0.2, 0.25) is 0 Å². The minimum atomic E-state index is -0.280. The van der Waals surface area contributed by atoms with Crippen LogP contribution in [0.3, 0.4) is 0 Å². The number of anilines is 1. The number of halogens is 1. The fraction of sp³-hybridized carbons (Fsp3) is 0.176. The average Bonchev–Trinajstić information content (AvgIpc) is 2.48. The van der Waals surface area contributed by atoms with Gasteiger partial charge in [0.1, 0.15) is 5.82 Å². The molecule has 0 saturated carbocycles. The molecule has 0 saturated heterocycles. The van der Waals surface area contributed by atoms with Gasteiger partial charge in [-0.3, -0.25) is 4.79 Å². The summed E-state index contributed by atoms with van der Waals surface area (Å²) in [6, 6.07) is 13.3. The molecule has 0 unspecified atom stereocenters. The minimum absolute atomic E-state index is 0.0551. The first-order valence-electron chi connectivity index (χ1n) is 6.52. The average molecular weight is 282 g/mol. The molecule has 3 nitrogen and oxygen atoms in total. The molecule has 0 radical (unpaired) electrons. The second-order valence-electron chi connectivity index (χ2n) is 4.88. The molecule has 0 fully saturated rings. The molecule has 0 spiro atoms. The van der Waals surface area contributed by atoms with Crippen LogP contribution in [0, 0.1) is 17.1 Å². The van der Waals surface area contributed by atoms with Crippen LogP contribution in [0.1, 0.15) is 28.4 Å². The highest BCUT2D eigenvalue weighted by molar-refractivity contribution is 6.00. The summed E-state index contributed by atoms with van der Waals surface area (Å²) in [5, 5.41) is 9.00. The van der Waals surface area contributed by atoms with Crippen molar-refractivity contribution in [3.63, 3.8) is 0 Å². The second-order valence-corrected chi connectivity index (χ2v) is 4.88. The first-order chi connectivity index (χ1) is 10.0. The Hall–Kier alpha value is -2.67. The quantitative estimate of drug-likeness (QED) is 0.806. The third-order valence-corrected chi connectivity index (χ3v) is 3.25. The first kappa shape index (κ1) is 14.7. The monoisotopic (exact) mass is 282 g/mol. The van der Waals surface area contributed by atoms with E-state index in [0.717, 1.165) is 5.56 Å². The van der Waals surface area contributed by atoms with E-state index in [4.69, 9.17) is 5.26 Å². The van der Waals surface area contributed by atoms with Gasteiger partial charge in [0.2, 0.25) is 0 Å². The Bertz CT molecular complexity index is 702. The van der Waals surface area contributed by atoms with Crippen LogP contribution in [0.4, 0.5) is 10.1 Å². The molecule has 2 rings (SSSR count). The maximum Gasteiger partial charge on any atom is 0.161 e. The number of carbonyl (C=O) groups excluding carboxylic acids is 1. The zero-order valence-corrected chi connectivity index (χ0v) is 11.9. The summed E-state index contributed by atoms with van der Waals surface area (Å²) in [5.41, 5.74) is 2.70. The number of hydrogen-bond donors (Lipinski definition) is 0. The Labute approximate surface area is 123 Å². The SMILES string of the molecule is CC(=O)c1ccc(C#N)cc1N(C)Cc1ccc(F)cc1. The number of carbonyl (C=O) groups is 1. The topological polar surface area (TPSA) is 44.1 Å². The molecule has 0 atom stereocenters. The van der Waals surface area contributed by atoms with Crippen molar-refractivity contribution in [2.24, 2.45) is 0 Å². The van der Waals surface area contributed by atoms with Gasteiger partial charge in [-0.15, -0.1) is 0 Å². The van der Waals surface area contributed by atoms with Crippen LogP contribution in [0.5, 0.6) is 0 Å². The number of nitrogens with zero attached hydrogens (tertiary/aromatic N) is 2. The van der Waals surface area contributed by atoms with Crippen molar-refractivity contribution < 1.29 is 9.18 Å². The molecular formula is C17H15FN2O. The van der Waals surface area contributed by atoms with Crippen LogP contribution in [0.15, 0.2) is 42.5 Å². The van der Waals surface area contributed by atoms with Gasteiger partial charge in [0, 0.05) is 24.8 Å². The van der Waals surface area contributed by atoms with Gasteiger partial charge >= 0.3 is 0 Å². The summed E-state index contributed by atoms with van der Waals surface area (Å²) in [5.74, 6) is -0.335. The van der Waals surface area contributed by atoms with E-state index < -0.39 is 0 Å². The Balaban J connectivity index is 2.33. The highest BCUT2D eigenvalue weighted by Crippen LogP contribution is 2.23. The van der Waals surface area contributed by atoms with E-state index in [0.29, 0.717) is 23.4 Å². The van der Waals surface area contributed by atoms with Crippen molar-refractivity contribution in [2.45, 2.75) is 13.5 Å². The summed E-state index contributed by atoms with van der Waals surface area (Å²) in [6.07, 6.45) is 0. The molecule has 0 heterocycles. The first-order valence-corrected chi connectivity index (χ1v) is 6.52. The van der Waals surface area contributed by atoms with Crippen molar-refractivity contribution in [2.75, 3.05) is 11.9 Å². The van der Waals surface area contributed by atoms with Gasteiger partial charge < -0.3 is 4.90 Å². The molecule has 4 heteroatoms. The van der Waals surface area contributed by atoms with Gasteiger partial charge in [-0.25, -0.2) is 4.39 Å². The van der Waals surface area contributed by atoms with Gasteiger partial charge in [-0.2, -0.15) is 5.26 Å². The second kappa shape index (κ2) is 6.19. The lowest BCUT2D eigenvalue weighted by Crippen LogP contribution is -2.19. The molecule has 0 aromatic heterocycles. The lowest BCUT2D eigenvalue weighted by Gasteiger charge is -2.22. The van der Waals surface area contributed by atoms with E-state index in [1.807, 2.05) is 11.9 Å². The van der Waals surface area contributed by atoms with Crippen LogP contribution in [0.25, 0.3) is 0 Å². The number of nitriles is 1. The predicted molar refractivity (Wildman–Crippen MR) is 79.7 cm³/mol. The largest absolute Gasteiger partial charge is 0.370 e. The maximum atomic E-state index is 12.9. The smallest absolute Gasteiger partial charge is 0.161 e. The highest BCUT2D eigenvalue weighted by Gasteiger charge is 2.12. The fourth-order valence-corrected chi connectivity index (χ4v) is 2.16. The zero-order chi connectivity index (χ0) is 15.4. The van der Waals surface area contributed by atoms with Crippen molar-refractivity contribution in [3.05, 3.63) is 65.0 Å². The molecule has 0 bridgehead atoms. The van der Waals surface area contributed by atoms with E-state index in [2.05, 4.69) is 6.07 Å². The molecule has 0 aliphatic rings. The number of Topliss-reactive ketones (excluding diaryl/α,β-unsaturated/α-hetero) is 1. The molecule has 106 valence electrons. The number of ketones is 1. The van der Waals surface area contributed by atoms with E-state index in [1.54, 1.807) is 30.3 Å². The molecule has 0 N–H and O–H groups in total. The molecular weight excluding hydrogens is 267 g/mol. The lowest BCUT2D eigenvalue weighted by atomic mass is 10.0. The minimum Gasteiger partial charge on any atom is -0.370 e. The van der Waals surface area contributed by atoms with Crippen molar-refractivity contribution >= 4 is 11.5 Å². The number of benzene rings is 2. The van der Waals surface area contributed by atoms with E-state index in [1.165, 1.54) is 19.1 Å². The van der Waals surface area contributed by atoms with Crippen molar-refractivity contribution in [3.8, 4) is 6.07 Å². The van der Waals surface area contributed by atoms with Gasteiger partial charge in [0.15, 0.2) is 5.78 Å². The summed E-state index contributed by atoms with van der Waals surface area (Å²) < 4.78 is 12.9. The lowest BCUT2D eigenvalue weighted by molar-refractivity contribution is 0.101. The predicted octanol–water partition coefficient (Wildman–Crippen LogP) is 3.54. The standard InChI is InChI=1S/C17H15FN2O/c1-12(21)16-8-5-14(10-19)9-17(16)20(2)11-13-3-6-15(18)7-4-13/h3-9H,11H2,1-2H3. The van der Waals surface area contributed by atoms with E-state index >= 15 is 0 Å². The molecule has 2 aromatic rings. The molecule has 2 aromatic carbocycles. The van der Waals surface area contributed by atoms with Crippen LogP contribution < -0.4 is 4.90 Å². The van der Waals surface area contributed by atoms with Crippen LogP contribution in [-0.4, -0.2) is 12.8 Å². The summed E-state index contributed by atoms with van der Waals surface area (Å²) in [6.45, 7) is 2.02. The Kier molecular flexibility index (Phi) is 4.34. The Morgan fingerprint density at radius 3 is 2.48 bits per heavy atom. The third kappa shape index (κ3) is 3.46. The Morgan fingerprint density at radius 2 is 1.90 bits per heavy atom. The zero-order valence-electron chi connectivity index (χ0n) is 11.9. The summed E-state index contributed by atoms with van der Waals surface area (Å²) in [4.78, 5) is 13.6. The Morgan fingerprint density at radius 1 is 1.24 bits per heavy atom. The van der Waals surface area contributed by atoms with Gasteiger partial charge in [-0.1, -0.05) is 12.1 Å². The number of hydrogen-bond acceptors (Lipinski definition) is 3. The number of rotatable bonds is 4. The molecule has 0 amide bonds. The van der Waals surface area contributed by atoms with Gasteiger partial charge in [-0.05, 0) is 42.8 Å². The summed E-state index contributed by atoms with van der Waals surface area (Å²) in [7, 11) is 1.84. The van der Waals surface area contributed by atoms with Crippen LogP contribution in [-0.2, 0) is 6.54 Å².